The summed E-state index contributed by atoms with van der Waals surface area (Å²) >= 11 is 0. The van der Waals surface area contributed by atoms with E-state index in [1.807, 2.05) is 13.8 Å². The van der Waals surface area contributed by atoms with Crippen molar-refractivity contribution in [2.24, 2.45) is 11.7 Å². The summed E-state index contributed by atoms with van der Waals surface area (Å²) in [6.07, 6.45) is 4.98. The van der Waals surface area contributed by atoms with Crippen LogP contribution in [0.1, 0.15) is 52.4 Å². The van der Waals surface area contributed by atoms with E-state index in [0.717, 1.165) is 32.1 Å². The molecule has 0 aromatic rings. The first-order valence-electron chi connectivity index (χ1n) is 7.35. The zero-order valence-corrected chi connectivity index (χ0v) is 12.1. The standard InChI is InChI=1S/C14H27N3O2/c1-3-10(2)17-13(18)7-8-16-14(19)11-5-4-6-12(15)9-11/h10-12H,3-9,15H2,1-2H3,(H,16,19)(H,17,18). The Morgan fingerprint density at radius 3 is 2.74 bits per heavy atom. The third-order valence-corrected chi connectivity index (χ3v) is 3.76. The number of carbonyl (C=O) groups is 2. The maximum Gasteiger partial charge on any atom is 0.223 e. The Bertz CT molecular complexity index is 307. The van der Waals surface area contributed by atoms with E-state index < -0.39 is 0 Å². The Kier molecular flexibility index (Phi) is 6.84. The van der Waals surface area contributed by atoms with Gasteiger partial charge in [0.25, 0.3) is 0 Å². The Morgan fingerprint density at radius 1 is 1.37 bits per heavy atom. The third-order valence-electron chi connectivity index (χ3n) is 3.76. The number of carbonyl (C=O) groups excluding carboxylic acids is 2. The van der Waals surface area contributed by atoms with Crippen LogP contribution in [0.25, 0.3) is 0 Å². The minimum absolute atomic E-state index is 0.00463. The van der Waals surface area contributed by atoms with Gasteiger partial charge in [0.1, 0.15) is 0 Å². The fourth-order valence-corrected chi connectivity index (χ4v) is 2.36. The quantitative estimate of drug-likeness (QED) is 0.670. The van der Waals surface area contributed by atoms with Crippen LogP contribution in [-0.4, -0.2) is 30.4 Å². The van der Waals surface area contributed by atoms with Gasteiger partial charge in [-0.15, -0.1) is 0 Å². The van der Waals surface area contributed by atoms with Crippen molar-refractivity contribution in [1.29, 1.82) is 0 Å². The number of amides is 2. The zero-order valence-electron chi connectivity index (χ0n) is 12.1. The maximum absolute atomic E-state index is 11.9. The molecule has 2 amide bonds. The molecule has 0 aromatic heterocycles. The number of hydrogen-bond acceptors (Lipinski definition) is 3. The summed E-state index contributed by atoms with van der Waals surface area (Å²) in [4.78, 5) is 23.4. The largest absolute Gasteiger partial charge is 0.355 e. The zero-order chi connectivity index (χ0) is 14.3. The molecule has 0 heterocycles. The van der Waals surface area contributed by atoms with Crippen LogP contribution in [0.2, 0.25) is 0 Å². The lowest BCUT2D eigenvalue weighted by molar-refractivity contribution is -0.126. The number of nitrogens with one attached hydrogen (secondary N) is 2. The van der Waals surface area contributed by atoms with Crippen LogP contribution in [-0.2, 0) is 9.59 Å². The SMILES string of the molecule is CCC(C)NC(=O)CCNC(=O)C1CCCC(N)C1. The summed E-state index contributed by atoms with van der Waals surface area (Å²) < 4.78 is 0. The Hall–Kier alpha value is -1.10. The Morgan fingerprint density at radius 2 is 2.11 bits per heavy atom. The first-order chi connectivity index (χ1) is 9.02. The minimum atomic E-state index is -0.00463. The molecule has 1 rings (SSSR count). The Balaban J connectivity index is 2.18. The predicted octanol–water partition coefficient (Wildman–Crippen LogP) is 0.925. The summed E-state index contributed by atoms with van der Waals surface area (Å²) in [6, 6.07) is 0.345. The third kappa shape index (κ3) is 6.05. The second-order valence-electron chi connectivity index (χ2n) is 5.54. The van der Waals surface area contributed by atoms with E-state index >= 15 is 0 Å². The molecule has 0 bridgehead atoms. The van der Waals surface area contributed by atoms with E-state index in [1.165, 1.54) is 0 Å². The maximum atomic E-state index is 11.9. The van der Waals surface area contributed by atoms with Gasteiger partial charge in [0.2, 0.25) is 11.8 Å². The molecule has 5 heteroatoms. The van der Waals surface area contributed by atoms with Crippen molar-refractivity contribution in [2.45, 2.75) is 64.5 Å². The van der Waals surface area contributed by atoms with Gasteiger partial charge in [0.15, 0.2) is 0 Å². The van der Waals surface area contributed by atoms with E-state index in [0.29, 0.717) is 13.0 Å². The van der Waals surface area contributed by atoms with Gasteiger partial charge in [-0.3, -0.25) is 9.59 Å². The smallest absolute Gasteiger partial charge is 0.223 e. The highest BCUT2D eigenvalue weighted by atomic mass is 16.2. The molecule has 3 unspecified atom stereocenters. The molecular formula is C14H27N3O2. The summed E-state index contributed by atoms with van der Waals surface area (Å²) in [5.41, 5.74) is 5.87. The van der Waals surface area contributed by atoms with Crippen molar-refractivity contribution in [2.75, 3.05) is 6.54 Å². The van der Waals surface area contributed by atoms with Crippen molar-refractivity contribution >= 4 is 11.8 Å². The van der Waals surface area contributed by atoms with Crippen molar-refractivity contribution in [3.05, 3.63) is 0 Å². The number of nitrogens with two attached hydrogens (primary N) is 1. The van der Waals surface area contributed by atoms with Gasteiger partial charge in [-0.1, -0.05) is 13.3 Å². The first-order valence-corrected chi connectivity index (χ1v) is 7.35. The van der Waals surface area contributed by atoms with Crippen LogP contribution in [0.4, 0.5) is 0 Å². The van der Waals surface area contributed by atoms with Gasteiger partial charge in [-0.25, -0.2) is 0 Å². The van der Waals surface area contributed by atoms with E-state index in [4.69, 9.17) is 5.73 Å². The van der Waals surface area contributed by atoms with Crippen molar-refractivity contribution in [1.82, 2.24) is 10.6 Å². The normalized spacial score (nSPS) is 24.6. The highest BCUT2D eigenvalue weighted by molar-refractivity contribution is 5.80. The fraction of sp³-hybridized carbons (Fsp3) is 0.857. The average molecular weight is 269 g/mol. The molecule has 19 heavy (non-hydrogen) atoms. The van der Waals surface area contributed by atoms with Gasteiger partial charge in [0.05, 0.1) is 0 Å². The van der Waals surface area contributed by atoms with E-state index in [1.54, 1.807) is 0 Å². The molecule has 110 valence electrons. The molecule has 1 fully saturated rings. The van der Waals surface area contributed by atoms with E-state index in [2.05, 4.69) is 10.6 Å². The molecule has 5 nitrogen and oxygen atoms in total. The van der Waals surface area contributed by atoms with Crippen LogP contribution in [0.5, 0.6) is 0 Å². The van der Waals surface area contributed by atoms with E-state index in [-0.39, 0.29) is 29.8 Å². The van der Waals surface area contributed by atoms with E-state index in [9.17, 15) is 9.59 Å². The van der Waals surface area contributed by atoms with Crippen molar-refractivity contribution in [3.8, 4) is 0 Å². The minimum Gasteiger partial charge on any atom is -0.355 e. The molecule has 1 aliphatic rings. The molecule has 0 aromatic carbocycles. The molecule has 0 radical (unpaired) electrons. The van der Waals surface area contributed by atoms with Crippen LogP contribution in [0, 0.1) is 5.92 Å². The summed E-state index contributed by atoms with van der Waals surface area (Å²) in [5.74, 6) is 0.0721. The number of hydrogen-bond donors (Lipinski definition) is 3. The number of rotatable bonds is 6. The summed E-state index contributed by atoms with van der Waals surface area (Å²) in [7, 11) is 0. The summed E-state index contributed by atoms with van der Waals surface area (Å²) in [6.45, 7) is 4.41. The van der Waals surface area contributed by atoms with Crippen molar-refractivity contribution in [3.63, 3.8) is 0 Å². The molecular weight excluding hydrogens is 242 g/mol. The van der Waals surface area contributed by atoms with Crippen LogP contribution in [0.3, 0.4) is 0 Å². The predicted molar refractivity (Wildman–Crippen MR) is 75.5 cm³/mol. The van der Waals surface area contributed by atoms with Gasteiger partial charge in [-0.05, 0) is 32.6 Å². The van der Waals surface area contributed by atoms with Crippen LogP contribution >= 0.6 is 0 Å². The fourth-order valence-electron chi connectivity index (χ4n) is 2.36. The van der Waals surface area contributed by atoms with Gasteiger partial charge < -0.3 is 16.4 Å². The van der Waals surface area contributed by atoms with Gasteiger partial charge in [0, 0.05) is 31.0 Å². The topological polar surface area (TPSA) is 84.2 Å². The molecule has 4 N–H and O–H groups in total. The molecule has 0 spiro atoms. The van der Waals surface area contributed by atoms with Crippen LogP contribution in [0.15, 0.2) is 0 Å². The molecule has 0 aliphatic heterocycles. The van der Waals surface area contributed by atoms with Gasteiger partial charge >= 0.3 is 0 Å². The molecule has 1 saturated carbocycles. The summed E-state index contributed by atoms with van der Waals surface area (Å²) in [5, 5.41) is 5.72. The van der Waals surface area contributed by atoms with Gasteiger partial charge in [-0.2, -0.15) is 0 Å². The average Bonchev–Trinajstić information content (AvgIpc) is 2.38. The monoisotopic (exact) mass is 269 g/mol. The second-order valence-corrected chi connectivity index (χ2v) is 5.54. The second kappa shape index (κ2) is 8.15. The highest BCUT2D eigenvalue weighted by Gasteiger charge is 2.24. The van der Waals surface area contributed by atoms with Crippen molar-refractivity contribution < 1.29 is 9.59 Å². The highest BCUT2D eigenvalue weighted by Crippen LogP contribution is 2.22. The molecule has 0 saturated heterocycles. The van der Waals surface area contributed by atoms with Crippen LogP contribution < -0.4 is 16.4 Å². The Labute approximate surface area is 115 Å². The lowest BCUT2D eigenvalue weighted by atomic mass is 9.85. The first kappa shape index (κ1) is 16.0. The lowest BCUT2D eigenvalue weighted by Gasteiger charge is -2.25. The molecule has 3 atom stereocenters. The lowest BCUT2D eigenvalue weighted by Crippen LogP contribution is -2.40. The molecule has 1 aliphatic carbocycles.